The number of benzene rings is 1. The van der Waals surface area contributed by atoms with Crippen molar-refractivity contribution < 1.29 is 20.0 Å². The molecule has 5 heteroatoms. The zero-order valence-electron chi connectivity index (χ0n) is 23.0. The Kier molecular flexibility index (Phi) is 5.86. The molecule has 4 fully saturated rings. The summed E-state index contributed by atoms with van der Waals surface area (Å²) in [6.45, 7) is 7.44. The quantitative estimate of drug-likeness (QED) is 0.311. The van der Waals surface area contributed by atoms with Gasteiger partial charge in [-0.1, -0.05) is 50.6 Å². The largest absolute Gasteiger partial charge is 0.393 e. The van der Waals surface area contributed by atoms with Crippen LogP contribution >= 0.6 is 11.3 Å². The van der Waals surface area contributed by atoms with Gasteiger partial charge in [-0.3, -0.25) is 0 Å². The highest BCUT2D eigenvalue weighted by atomic mass is 32.1. The molecule has 4 nitrogen and oxygen atoms in total. The van der Waals surface area contributed by atoms with Gasteiger partial charge in [-0.25, -0.2) is 9.78 Å². The molecule has 1 saturated heterocycles. The maximum Gasteiger partial charge on any atom is 0.108 e. The minimum atomic E-state index is -0.833. The van der Waals surface area contributed by atoms with Crippen LogP contribution in [-0.4, -0.2) is 34.1 Å². The lowest BCUT2D eigenvalue weighted by molar-refractivity contribution is -0.414. The Balaban J connectivity index is 1.30. The van der Waals surface area contributed by atoms with E-state index in [4.69, 9.17) is 9.78 Å². The minimum absolute atomic E-state index is 0.0514. The average Bonchev–Trinajstić information content (AvgIpc) is 3.51. The Morgan fingerprint density at radius 2 is 1.76 bits per heavy atom. The first-order valence-electron chi connectivity index (χ1n) is 14.7. The second-order valence-electron chi connectivity index (χ2n) is 14.3. The Hall–Kier alpha value is -1.50. The van der Waals surface area contributed by atoms with Gasteiger partial charge >= 0.3 is 0 Å². The van der Waals surface area contributed by atoms with Gasteiger partial charge in [0.15, 0.2) is 0 Å². The Morgan fingerprint density at radius 3 is 2.50 bits per heavy atom. The van der Waals surface area contributed by atoms with Gasteiger partial charge in [-0.05, 0) is 113 Å². The molecular formula is C33H42O4S. The van der Waals surface area contributed by atoms with Gasteiger partial charge in [0.25, 0.3) is 0 Å². The van der Waals surface area contributed by atoms with Crippen LogP contribution < -0.4 is 0 Å². The van der Waals surface area contributed by atoms with E-state index in [9.17, 15) is 10.2 Å². The summed E-state index contributed by atoms with van der Waals surface area (Å²) in [6, 6.07) is 11.3. The molecule has 1 unspecified atom stereocenters. The molecule has 1 spiro atoms. The summed E-state index contributed by atoms with van der Waals surface area (Å²) in [7, 11) is 0. The Labute approximate surface area is 231 Å². The number of thiophene rings is 1. The topological polar surface area (TPSA) is 58.9 Å². The predicted octanol–water partition coefficient (Wildman–Crippen LogP) is 7.42. The molecule has 2 heterocycles. The molecule has 1 aliphatic heterocycles. The molecule has 2 N–H and O–H groups in total. The van der Waals surface area contributed by atoms with E-state index >= 15 is 0 Å². The molecule has 204 valence electrons. The molecule has 1 aromatic heterocycles. The zero-order valence-corrected chi connectivity index (χ0v) is 23.9. The first kappa shape index (κ1) is 25.5. The third kappa shape index (κ3) is 3.91. The highest BCUT2D eigenvalue weighted by Crippen LogP contribution is 2.65. The van der Waals surface area contributed by atoms with Crippen LogP contribution in [0.3, 0.4) is 0 Å². The van der Waals surface area contributed by atoms with Crippen molar-refractivity contribution in [2.24, 2.45) is 22.7 Å². The number of rotatable bonds is 2. The SMILES string of the molecule is CC1(C)COOC2(CCC3=C4[C@@H](CC[C@@]3(O)C2)[C@@H]2CC[C@H](O)[C@@]2(C)C[C@@H]4c2ccc(-c3ccsc3)cc2)C1. The Bertz CT molecular complexity index is 1230. The second-order valence-corrected chi connectivity index (χ2v) is 15.0. The first-order valence-corrected chi connectivity index (χ1v) is 15.6. The van der Waals surface area contributed by atoms with Crippen LogP contribution in [0.15, 0.2) is 52.2 Å². The number of fused-ring (bicyclic) bond motifs is 4. The van der Waals surface area contributed by atoms with Gasteiger partial charge in [0.05, 0.1) is 18.3 Å². The highest BCUT2D eigenvalue weighted by molar-refractivity contribution is 7.08. The minimum Gasteiger partial charge on any atom is -0.393 e. The third-order valence-corrected chi connectivity index (χ3v) is 11.8. The van der Waals surface area contributed by atoms with Crippen LogP contribution in [0.4, 0.5) is 0 Å². The molecule has 4 aliphatic carbocycles. The number of aliphatic hydroxyl groups excluding tert-OH is 1. The average molecular weight is 535 g/mol. The van der Waals surface area contributed by atoms with Crippen LogP contribution in [0.1, 0.15) is 90.0 Å². The third-order valence-electron chi connectivity index (χ3n) is 11.1. The van der Waals surface area contributed by atoms with E-state index in [2.05, 4.69) is 61.9 Å². The Morgan fingerprint density at radius 1 is 0.947 bits per heavy atom. The molecular weight excluding hydrogens is 492 g/mol. The van der Waals surface area contributed by atoms with Crippen molar-refractivity contribution >= 4 is 11.3 Å². The highest BCUT2D eigenvalue weighted by Gasteiger charge is 2.60. The van der Waals surface area contributed by atoms with Crippen molar-refractivity contribution in [3.63, 3.8) is 0 Å². The van der Waals surface area contributed by atoms with Gasteiger partial charge in [-0.2, -0.15) is 11.3 Å². The van der Waals surface area contributed by atoms with Crippen LogP contribution in [0, 0.1) is 22.7 Å². The van der Waals surface area contributed by atoms with Crippen molar-refractivity contribution in [3.05, 3.63) is 57.8 Å². The molecule has 3 saturated carbocycles. The lowest BCUT2D eigenvalue weighted by Crippen LogP contribution is -2.56. The van der Waals surface area contributed by atoms with E-state index in [-0.39, 0.29) is 22.9 Å². The van der Waals surface area contributed by atoms with Crippen molar-refractivity contribution in [2.75, 3.05) is 6.61 Å². The first-order chi connectivity index (χ1) is 18.1. The molecule has 2 aromatic rings. The monoisotopic (exact) mass is 534 g/mol. The summed E-state index contributed by atoms with van der Waals surface area (Å²) in [6.07, 6.45) is 7.82. The standard InChI is InChI=1S/C33H42O4S/c1-30(2)18-32(37-36-20-30)13-11-27-29-24(10-14-33(27,35)19-32)26-8-9-28(34)31(26,3)16-25(29)22-6-4-21(5-7-22)23-12-15-38-17-23/h4-7,12,15,17,24-26,28,34-35H,8-11,13-14,16,18-20H2,1-3H3/t24-,25+,26-,28-,31-,32?,33+/m0/s1. The summed E-state index contributed by atoms with van der Waals surface area (Å²) < 4.78 is 0. The fourth-order valence-electron chi connectivity index (χ4n) is 9.49. The normalized spacial score (nSPS) is 42.0. The summed E-state index contributed by atoms with van der Waals surface area (Å²) >= 11 is 1.73. The molecule has 5 aliphatic rings. The summed E-state index contributed by atoms with van der Waals surface area (Å²) in [4.78, 5) is 11.7. The van der Waals surface area contributed by atoms with E-state index in [1.807, 2.05) is 0 Å². The van der Waals surface area contributed by atoms with Crippen molar-refractivity contribution in [1.29, 1.82) is 0 Å². The van der Waals surface area contributed by atoms with Crippen molar-refractivity contribution in [2.45, 2.75) is 102 Å². The lowest BCUT2D eigenvalue weighted by Gasteiger charge is -2.57. The van der Waals surface area contributed by atoms with Crippen LogP contribution in [0.25, 0.3) is 11.1 Å². The van der Waals surface area contributed by atoms with Crippen molar-refractivity contribution in [3.8, 4) is 11.1 Å². The van der Waals surface area contributed by atoms with Crippen LogP contribution in [0.5, 0.6) is 0 Å². The second kappa shape index (κ2) is 8.75. The maximum absolute atomic E-state index is 12.4. The molecule has 38 heavy (non-hydrogen) atoms. The molecule has 1 aromatic carbocycles. The number of aliphatic hydroxyl groups is 2. The molecule has 0 amide bonds. The fraction of sp³-hybridized carbons (Fsp3) is 0.636. The van der Waals surface area contributed by atoms with Gasteiger partial charge in [-0.15, -0.1) is 0 Å². The molecule has 0 bridgehead atoms. The van der Waals surface area contributed by atoms with Gasteiger partial charge in [0.1, 0.15) is 5.60 Å². The number of allylic oxidation sites excluding steroid dienone is 1. The van der Waals surface area contributed by atoms with Gasteiger partial charge < -0.3 is 10.2 Å². The summed E-state index contributed by atoms with van der Waals surface area (Å²) in [5, 5.41) is 27.9. The maximum atomic E-state index is 12.4. The molecule has 7 rings (SSSR count). The number of hydrogen-bond donors (Lipinski definition) is 2. The molecule has 0 radical (unpaired) electrons. The van der Waals surface area contributed by atoms with Crippen molar-refractivity contribution in [1.82, 2.24) is 0 Å². The van der Waals surface area contributed by atoms with Crippen LogP contribution in [-0.2, 0) is 9.78 Å². The van der Waals surface area contributed by atoms with E-state index in [0.717, 1.165) is 51.4 Å². The smallest absolute Gasteiger partial charge is 0.108 e. The predicted molar refractivity (Wildman–Crippen MR) is 151 cm³/mol. The van der Waals surface area contributed by atoms with Crippen LogP contribution in [0.2, 0.25) is 0 Å². The van der Waals surface area contributed by atoms with Gasteiger partial charge in [0, 0.05) is 12.3 Å². The zero-order chi connectivity index (χ0) is 26.3. The number of hydrogen-bond acceptors (Lipinski definition) is 5. The summed E-state index contributed by atoms with van der Waals surface area (Å²) in [5.74, 6) is 1.17. The van der Waals surface area contributed by atoms with E-state index in [1.54, 1.807) is 11.3 Å². The van der Waals surface area contributed by atoms with E-state index < -0.39 is 11.2 Å². The molecule has 7 atom stereocenters. The lowest BCUT2D eigenvalue weighted by atomic mass is 9.50. The fourth-order valence-corrected chi connectivity index (χ4v) is 10.2. The van der Waals surface area contributed by atoms with E-state index in [1.165, 1.54) is 27.8 Å². The van der Waals surface area contributed by atoms with E-state index in [0.29, 0.717) is 24.9 Å². The van der Waals surface area contributed by atoms with Gasteiger partial charge in [0.2, 0.25) is 0 Å². The summed E-state index contributed by atoms with van der Waals surface area (Å²) in [5.41, 5.74) is 5.40.